The number of carbonyl (C=O) groups excluding carboxylic acids is 1. The van der Waals surface area contributed by atoms with Gasteiger partial charge in [-0.25, -0.2) is 12.8 Å². The third-order valence-electron chi connectivity index (χ3n) is 4.82. The number of hydrogen-bond acceptors (Lipinski definition) is 4. The van der Waals surface area contributed by atoms with Crippen LogP contribution in [-0.2, 0) is 14.8 Å². The maximum Gasteiger partial charge on any atom is 0.268 e. The quantitative estimate of drug-likeness (QED) is 0.564. The number of carbonyl (C=O) groups is 1. The van der Waals surface area contributed by atoms with Crippen molar-refractivity contribution in [2.45, 2.75) is 25.7 Å². The number of sulfonamides is 1. The Bertz CT molecular complexity index is 1240. The number of nitrogens with one attached hydrogen (secondary N) is 1. The lowest BCUT2D eigenvalue weighted by Gasteiger charge is -2.26. The summed E-state index contributed by atoms with van der Waals surface area (Å²) in [5.74, 6) is -1.12. The first-order valence-electron chi connectivity index (χ1n) is 9.92. The van der Waals surface area contributed by atoms with Gasteiger partial charge in [0.2, 0.25) is 5.91 Å². The fourth-order valence-corrected chi connectivity index (χ4v) is 5.04. The third kappa shape index (κ3) is 5.08. The molecular weight excluding hydrogens is 431 g/mol. The molecule has 0 aliphatic carbocycles. The molecule has 0 aliphatic rings. The van der Waals surface area contributed by atoms with Crippen LogP contribution in [0, 0.1) is 26.6 Å². The van der Waals surface area contributed by atoms with Gasteiger partial charge in [0.25, 0.3) is 10.0 Å². The predicted octanol–water partition coefficient (Wildman–Crippen LogP) is 4.59. The normalized spacial score (nSPS) is 11.2. The first-order chi connectivity index (χ1) is 15.1. The van der Waals surface area contributed by atoms with Crippen molar-refractivity contribution in [2.24, 2.45) is 0 Å². The van der Waals surface area contributed by atoms with E-state index in [2.05, 4.69) is 5.32 Å². The number of aryl methyl sites for hydroxylation is 3. The van der Waals surface area contributed by atoms with Crippen LogP contribution in [0.3, 0.4) is 0 Å². The molecular formula is C24H25FN2O4S. The number of para-hydroxylation sites is 1. The molecule has 0 unspecified atom stereocenters. The molecule has 0 atom stereocenters. The van der Waals surface area contributed by atoms with Gasteiger partial charge in [0.1, 0.15) is 23.0 Å². The molecule has 0 aliphatic heterocycles. The Morgan fingerprint density at radius 3 is 2.25 bits per heavy atom. The standard InChI is InChI=1S/C24H25FN2O4S/c1-16-9-10-22(31-4)23(14-16)32(29,30)27(19-12-17(2)11-18(3)13-19)15-24(28)26-21-8-6-5-7-20(21)25/h5-14H,15H2,1-4H3,(H,26,28). The second-order valence-corrected chi connectivity index (χ2v) is 9.37. The minimum absolute atomic E-state index is 0.0246. The van der Waals surface area contributed by atoms with Gasteiger partial charge >= 0.3 is 0 Å². The average molecular weight is 457 g/mol. The van der Waals surface area contributed by atoms with Crippen LogP contribution in [0.5, 0.6) is 5.75 Å². The van der Waals surface area contributed by atoms with Gasteiger partial charge in [0, 0.05) is 0 Å². The van der Waals surface area contributed by atoms with Crippen molar-refractivity contribution in [1.29, 1.82) is 0 Å². The molecule has 168 valence electrons. The predicted molar refractivity (Wildman–Crippen MR) is 123 cm³/mol. The second-order valence-electron chi connectivity index (χ2n) is 7.54. The fraction of sp³-hybridized carbons (Fsp3) is 0.208. The Labute approximate surface area is 187 Å². The summed E-state index contributed by atoms with van der Waals surface area (Å²) in [6.45, 7) is 4.91. The van der Waals surface area contributed by atoms with E-state index in [0.29, 0.717) is 5.69 Å². The minimum atomic E-state index is -4.20. The van der Waals surface area contributed by atoms with E-state index in [4.69, 9.17) is 4.74 Å². The summed E-state index contributed by atoms with van der Waals surface area (Å²) in [6.07, 6.45) is 0. The van der Waals surface area contributed by atoms with Gasteiger partial charge in [-0.2, -0.15) is 0 Å². The van der Waals surface area contributed by atoms with E-state index in [-0.39, 0.29) is 16.3 Å². The first kappa shape index (κ1) is 23.3. The zero-order valence-corrected chi connectivity index (χ0v) is 19.2. The highest BCUT2D eigenvalue weighted by atomic mass is 32.2. The van der Waals surface area contributed by atoms with Crippen LogP contribution < -0.4 is 14.4 Å². The van der Waals surface area contributed by atoms with Crippen molar-refractivity contribution >= 4 is 27.3 Å². The molecule has 8 heteroatoms. The Hall–Kier alpha value is -3.39. The SMILES string of the molecule is COc1ccc(C)cc1S(=O)(=O)N(CC(=O)Nc1ccccc1F)c1cc(C)cc(C)c1. The van der Waals surface area contributed by atoms with E-state index in [1.165, 1.54) is 31.4 Å². The van der Waals surface area contributed by atoms with E-state index >= 15 is 0 Å². The Morgan fingerprint density at radius 2 is 1.62 bits per heavy atom. The molecule has 0 saturated heterocycles. The molecule has 3 rings (SSSR count). The van der Waals surface area contributed by atoms with Crippen LogP contribution in [0.15, 0.2) is 65.6 Å². The molecule has 32 heavy (non-hydrogen) atoms. The number of nitrogens with zero attached hydrogens (tertiary/aromatic N) is 1. The number of rotatable bonds is 7. The first-order valence-corrected chi connectivity index (χ1v) is 11.4. The molecule has 6 nitrogen and oxygen atoms in total. The molecule has 0 radical (unpaired) electrons. The van der Waals surface area contributed by atoms with Gasteiger partial charge in [0.05, 0.1) is 18.5 Å². The van der Waals surface area contributed by atoms with Crippen LogP contribution in [0.4, 0.5) is 15.8 Å². The third-order valence-corrected chi connectivity index (χ3v) is 6.61. The lowest BCUT2D eigenvalue weighted by atomic mass is 10.1. The van der Waals surface area contributed by atoms with E-state index < -0.39 is 28.3 Å². The highest BCUT2D eigenvalue weighted by Gasteiger charge is 2.30. The van der Waals surface area contributed by atoms with Crippen molar-refractivity contribution in [3.63, 3.8) is 0 Å². The number of halogens is 1. The summed E-state index contributed by atoms with van der Waals surface area (Å²) in [6, 6.07) is 15.8. The van der Waals surface area contributed by atoms with E-state index in [0.717, 1.165) is 21.0 Å². The summed E-state index contributed by atoms with van der Waals surface area (Å²) < 4.78 is 47.8. The van der Waals surface area contributed by atoms with E-state index in [1.807, 2.05) is 19.9 Å². The van der Waals surface area contributed by atoms with Crippen LogP contribution in [0.2, 0.25) is 0 Å². The summed E-state index contributed by atoms with van der Waals surface area (Å²) in [4.78, 5) is 12.7. The molecule has 0 spiro atoms. The van der Waals surface area contributed by atoms with Gasteiger partial charge in [-0.3, -0.25) is 9.10 Å². The van der Waals surface area contributed by atoms with Crippen molar-refractivity contribution in [2.75, 3.05) is 23.3 Å². The van der Waals surface area contributed by atoms with E-state index in [9.17, 15) is 17.6 Å². The summed E-state index contributed by atoms with van der Waals surface area (Å²) in [7, 11) is -2.81. The number of hydrogen-bond donors (Lipinski definition) is 1. The van der Waals surface area contributed by atoms with Gasteiger partial charge in [-0.15, -0.1) is 0 Å². The van der Waals surface area contributed by atoms with Gasteiger partial charge < -0.3 is 10.1 Å². The maximum absolute atomic E-state index is 14.0. The van der Waals surface area contributed by atoms with E-state index in [1.54, 1.807) is 37.3 Å². The molecule has 0 saturated carbocycles. The molecule has 1 N–H and O–H groups in total. The van der Waals surface area contributed by atoms with Gasteiger partial charge in [-0.1, -0.05) is 24.3 Å². The van der Waals surface area contributed by atoms with Crippen molar-refractivity contribution in [3.05, 3.63) is 83.2 Å². The topological polar surface area (TPSA) is 75.7 Å². The zero-order chi connectivity index (χ0) is 23.5. The summed E-state index contributed by atoms with van der Waals surface area (Å²) >= 11 is 0. The highest BCUT2D eigenvalue weighted by Crippen LogP contribution is 2.32. The molecule has 0 aromatic heterocycles. The van der Waals surface area contributed by atoms with Gasteiger partial charge in [0.15, 0.2) is 0 Å². The van der Waals surface area contributed by atoms with Gasteiger partial charge in [-0.05, 0) is 73.9 Å². The van der Waals surface area contributed by atoms with Crippen LogP contribution in [-0.4, -0.2) is 28.0 Å². The molecule has 0 bridgehead atoms. The summed E-state index contributed by atoms with van der Waals surface area (Å²) in [5.41, 5.74) is 2.70. The number of amides is 1. The zero-order valence-electron chi connectivity index (χ0n) is 18.3. The Balaban J connectivity index is 2.08. The Kier molecular flexibility index (Phi) is 6.84. The average Bonchev–Trinajstić information content (AvgIpc) is 2.73. The second kappa shape index (κ2) is 9.40. The highest BCUT2D eigenvalue weighted by molar-refractivity contribution is 7.93. The molecule has 1 amide bonds. The fourth-order valence-electron chi connectivity index (χ4n) is 3.40. The molecule has 0 fully saturated rings. The molecule has 0 heterocycles. The van der Waals surface area contributed by atoms with Crippen molar-refractivity contribution < 1.29 is 22.3 Å². The monoisotopic (exact) mass is 456 g/mol. The van der Waals surface area contributed by atoms with Crippen LogP contribution in [0.1, 0.15) is 16.7 Å². The smallest absolute Gasteiger partial charge is 0.268 e. The number of ether oxygens (including phenoxy) is 1. The molecule has 3 aromatic rings. The lowest BCUT2D eigenvalue weighted by Crippen LogP contribution is -2.38. The maximum atomic E-state index is 14.0. The van der Waals surface area contributed by atoms with Crippen molar-refractivity contribution in [1.82, 2.24) is 0 Å². The number of benzene rings is 3. The number of methoxy groups -OCH3 is 1. The van der Waals surface area contributed by atoms with Crippen LogP contribution in [0.25, 0.3) is 0 Å². The summed E-state index contributed by atoms with van der Waals surface area (Å²) in [5, 5.41) is 2.45. The largest absolute Gasteiger partial charge is 0.495 e. The number of anilines is 2. The lowest BCUT2D eigenvalue weighted by molar-refractivity contribution is -0.114. The van der Waals surface area contributed by atoms with Crippen LogP contribution >= 0.6 is 0 Å². The Morgan fingerprint density at radius 1 is 0.969 bits per heavy atom. The minimum Gasteiger partial charge on any atom is -0.495 e. The van der Waals surface area contributed by atoms with Crippen molar-refractivity contribution in [3.8, 4) is 5.75 Å². The molecule has 3 aromatic carbocycles.